The van der Waals surface area contributed by atoms with Crippen molar-refractivity contribution < 1.29 is 29.4 Å². The van der Waals surface area contributed by atoms with Crippen molar-refractivity contribution in [2.45, 2.75) is 84.0 Å². The van der Waals surface area contributed by atoms with Gasteiger partial charge < -0.3 is 37.6 Å². The number of nitrogens with one attached hydrogen (secondary N) is 3. The smallest absolute Gasteiger partial charge is 0.326 e. The number of rotatable bonds is 16. The summed E-state index contributed by atoms with van der Waals surface area (Å²) in [7, 11) is 0. The molecule has 5 atom stereocenters. The van der Waals surface area contributed by atoms with E-state index in [1.54, 1.807) is 6.92 Å². The van der Waals surface area contributed by atoms with Gasteiger partial charge in [0, 0.05) is 0 Å². The molecule has 0 aliphatic heterocycles. The van der Waals surface area contributed by atoms with E-state index in [-0.39, 0.29) is 24.7 Å². The molecule has 0 aromatic heterocycles. The summed E-state index contributed by atoms with van der Waals surface area (Å²) in [5.74, 6) is -3.27. The van der Waals surface area contributed by atoms with E-state index in [9.17, 15) is 29.4 Å². The third kappa shape index (κ3) is 10.9. The quantitative estimate of drug-likeness (QED) is 0.144. The van der Waals surface area contributed by atoms with E-state index in [1.165, 1.54) is 0 Å². The van der Waals surface area contributed by atoms with E-state index in [2.05, 4.69) is 16.0 Å². The minimum Gasteiger partial charge on any atom is -0.480 e. The van der Waals surface area contributed by atoms with Crippen molar-refractivity contribution in [3.63, 3.8) is 0 Å². The molecule has 0 aliphatic rings. The van der Waals surface area contributed by atoms with Gasteiger partial charge in [-0.05, 0) is 44.1 Å². The van der Waals surface area contributed by atoms with E-state index in [0.717, 1.165) is 0 Å². The predicted molar refractivity (Wildman–Crippen MR) is 120 cm³/mol. The maximum Gasteiger partial charge on any atom is 0.326 e. The molecule has 32 heavy (non-hydrogen) atoms. The second-order valence-corrected chi connectivity index (χ2v) is 8.53. The van der Waals surface area contributed by atoms with Crippen molar-refractivity contribution in [1.29, 1.82) is 0 Å². The Hall–Kier alpha value is -2.24. The summed E-state index contributed by atoms with van der Waals surface area (Å²) in [5, 5.41) is 26.4. The first kappa shape index (κ1) is 29.8. The normalized spacial score (nSPS) is 15.9. The van der Waals surface area contributed by atoms with E-state index >= 15 is 0 Å². The molecule has 3 amide bonds. The molecule has 0 fully saturated rings. The molecule has 0 rings (SSSR count). The van der Waals surface area contributed by atoms with Gasteiger partial charge in [0.15, 0.2) is 0 Å². The number of hydrogen-bond donors (Lipinski definition) is 7. The number of carbonyl (C=O) groups excluding carboxylic acids is 3. The molecule has 11 heteroatoms. The largest absolute Gasteiger partial charge is 0.480 e. The molecule has 0 radical (unpaired) electrons. The van der Waals surface area contributed by atoms with Crippen LogP contribution in [-0.4, -0.2) is 71.2 Å². The van der Waals surface area contributed by atoms with Crippen LogP contribution in [-0.2, 0) is 19.2 Å². The highest BCUT2D eigenvalue weighted by Crippen LogP contribution is 2.09. The van der Waals surface area contributed by atoms with Crippen LogP contribution in [0, 0.1) is 11.8 Å². The van der Waals surface area contributed by atoms with Crippen LogP contribution in [0.25, 0.3) is 0 Å². The summed E-state index contributed by atoms with van der Waals surface area (Å²) in [5.41, 5.74) is 11.3. The van der Waals surface area contributed by atoms with Crippen LogP contribution in [0.2, 0.25) is 0 Å². The molecule has 0 saturated heterocycles. The zero-order chi connectivity index (χ0) is 24.8. The van der Waals surface area contributed by atoms with Gasteiger partial charge in [-0.25, -0.2) is 4.79 Å². The number of hydrogen-bond acceptors (Lipinski definition) is 7. The van der Waals surface area contributed by atoms with Gasteiger partial charge in [-0.15, -0.1) is 0 Å². The van der Waals surface area contributed by atoms with Crippen molar-refractivity contribution >= 4 is 23.7 Å². The number of aliphatic hydroxyl groups is 1. The summed E-state index contributed by atoms with van der Waals surface area (Å²) in [6.07, 6.45) is 2.28. The maximum atomic E-state index is 12.7. The van der Waals surface area contributed by atoms with Crippen LogP contribution in [0.4, 0.5) is 0 Å². The third-order valence-corrected chi connectivity index (χ3v) is 5.28. The molecule has 5 unspecified atom stereocenters. The molecule has 0 heterocycles. The van der Waals surface area contributed by atoms with Crippen LogP contribution >= 0.6 is 0 Å². The average molecular weight is 460 g/mol. The Kier molecular flexibility index (Phi) is 14.5. The standard InChI is InChI=1S/C21H41N5O6/c1-5-13(4)17(23)20(30)26-16(11-27)19(29)25-15(10-12(2)3)18(28)24-14(21(31)32)8-6-7-9-22/h12-17,27H,5-11,22-23H2,1-4H3,(H,24,28)(H,25,29)(H,26,30)(H,31,32). The average Bonchev–Trinajstić information content (AvgIpc) is 2.74. The molecule has 9 N–H and O–H groups in total. The zero-order valence-corrected chi connectivity index (χ0v) is 19.6. The van der Waals surface area contributed by atoms with Crippen molar-refractivity contribution in [3.8, 4) is 0 Å². The van der Waals surface area contributed by atoms with Crippen LogP contribution < -0.4 is 27.4 Å². The van der Waals surface area contributed by atoms with Gasteiger partial charge in [0.05, 0.1) is 12.6 Å². The minimum absolute atomic E-state index is 0.00700. The molecule has 0 saturated carbocycles. The first-order valence-electron chi connectivity index (χ1n) is 11.2. The van der Waals surface area contributed by atoms with Crippen molar-refractivity contribution in [3.05, 3.63) is 0 Å². The second-order valence-electron chi connectivity index (χ2n) is 8.53. The van der Waals surface area contributed by atoms with Gasteiger partial charge in [-0.3, -0.25) is 14.4 Å². The fraction of sp³-hybridized carbons (Fsp3) is 0.810. The van der Waals surface area contributed by atoms with Gasteiger partial charge in [0.25, 0.3) is 0 Å². The Bertz CT molecular complexity index is 615. The third-order valence-electron chi connectivity index (χ3n) is 5.28. The molecule has 186 valence electrons. The number of aliphatic carboxylic acids is 1. The van der Waals surface area contributed by atoms with Crippen molar-refractivity contribution in [2.75, 3.05) is 13.2 Å². The lowest BCUT2D eigenvalue weighted by atomic mass is 9.99. The van der Waals surface area contributed by atoms with Gasteiger partial charge >= 0.3 is 5.97 Å². The molecule has 0 aromatic carbocycles. The van der Waals surface area contributed by atoms with Crippen LogP contribution in [0.5, 0.6) is 0 Å². The topological polar surface area (TPSA) is 197 Å². The highest BCUT2D eigenvalue weighted by Gasteiger charge is 2.31. The number of carbonyl (C=O) groups is 4. The Balaban J connectivity index is 5.25. The van der Waals surface area contributed by atoms with Crippen LogP contribution in [0.1, 0.15) is 59.8 Å². The molecule has 0 spiro atoms. The van der Waals surface area contributed by atoms with E-state index in [0.29, 0.717) is 25.8 Å². The van der Waals surface area contributed by atoms with Gasteiger partial charge in [0.2, 0.25) is 17.7 Å². The Morgan fingerprint density at radius 3 is 1.88 bits per heavy atom. The number of aliphatic hydroxyl groups excluding tert-OH is 1. The Morgan fingerprint density at radius 1 is 0.875 bits per heavy atom. The van der Waals surface area contributed by atoms with E-state index in [1.807, 2.05) is 20.8 Å². The Morgan fingerprint density at radius 2 is 1.41 bits per heavy atom. The summed E-state index contributed by atoms with van der Waals surface area (Å²) < 4.78 is 0. The SMILES string of the molecule is CCC(C)C(N)C(=O)NC(CO)C(=O)NC(CC(C)C)C(=O)NC(CCCCN)C(=O)O. The summed E-state index contributed by atoms with van der Waals surface area (Å²) in [4.78, 5) is 49.2. The van der Waals surface area contributed by atoms with Gasteiger partial charge in [0.1, 0.15) is 18.1 Å². The molecular weight excluding hydrogens is 418 g/mol. The summed E-state index contributed by atoms with van der Waals surface area (Å²) in [6, 6.07) is -4.28. The number of amides is 3. The van der Waals surface area contributed by atoms with Gasteiger partial charge in [-0.2, -0.15) is 0 Å². The van der Waals surface area contributed by atoms with Crippen LogP contribution in [0.15, 0.2) is 0 Å². The highest BCUT2D eigenvalue weighted by atomic mass is 16.4. The van der Waals surface area contributed by atoms with E-state index in [4.69, 9.17) is 11.5 Å². The lowest BCUT2D eigenvalue weighted by molar-refractivity contribution is -0.142. The molecule has 0 aliphatic carbocycles. The maximum absolute atomic E-state index is 12.7. The van der Waals surface area contributed by atoms with E-state index < -0.39 is 54.5 Å². The van der Waals surface area contributed by atoms with Crippen molar-refractivity contribution in [2.24, 2.45) is 23.3 Å². The number of nitrogens with two attached hydrogens (primary N) is 2. The monoisotopic (exact) mass is 459 g/mol. The fourth-order valence-electron chi connectivity index (χ4n) is 2.97. The summed E-state index contributed by atoms with van der Waals surface area (Å²) >= 11 is 0. The Labute approximate surface area is 190 Å². The minimum atomic E-state index is -1.29. The molecule has 0 bridgehead atoms. The predicted octanol–water partition coefficient (Wildman–Crippen LogP) is -0.934. The molecule has 0 aromatic rings. The molecule has 11 nitrogen and oxygen atoms in total. The number of carboxylic acid groups (broad SMARTS) is 1. The first-order valence-corrected chi connectivity index (χ1v) is 11.2. The highest BCUT2D eigenvalue weighted by molar-refractivity contribution is 5.94. The fourth-order valence-corrected chi connectivity index (χ4v) is 2.97. The lowest BCUT2D eigenvalue weighted by Crippen LogP contribution is -2.58. The van der Waals surface area contributed by atoms with Crippen molar-refractivity contribution in [1.82, 2.24) is 16.0 Å². The number of carboxylic acids is 1. The van der Waals surface area contributed by atoms with Crippen LogP contribution in [0.3, 0.4) is 0 Å². The zero-order valence-electron chi connectivity index (χ0n) is 19.6. The van der Waals surface area contributed by atoms with Gasteiger partial charge in [-0.1, -0.05) is 34.1 Å². The first-order chi connectivity index (χ1) is 15.0. The molecular formula is C21H41N5O6. The number of unbranched alkanes of at least 4 members (excludes halogenated alkanes) is 1. The lowest BCUT2D eigenvalue weighted by Gasteiger charge is -2.26. The second kappa shape index (κ2) is 15.5. The summed E-state index contributed by atoms with van der Waals surface area (Å²) in [6.45, 7) is 7.10.